The van der Waals surface area contributed by atoms with E-state index in [4.69, 9.17) is 4.74 Å². The van der Waals surface area contributed by atoms with Crippen LogP contribution in [-0.2, 0) is 14.9 Å². The van der Waals surface area contributed by atoms with Crippen molar-refractivity contribution in [1.29, 1.82) is 0 Å². The minimum Gasteiger partial charge on any atom is -0.371 e. The fraction of sp³-hybridized carbons (Fsp3) is 0.208. The topological polar surface area (TPSA) is 26.3 Å². The molecule has 0 saturated heterocycles. The molecule has 0 spiro atoms. The fourth-order valence-electron chi connectivity index (χ4n) is 3.40. The van der Waals surface area contributed by atoms with Gasteiger partial charge in [-0.25, -0.2) is 0 Å². The molecule has 0 radical (unpaired) electrons. The molecule has 0 fully saturated rings. The Bertz CT molecular complexity index is 727. The van der Waals surface area contributed by atoms with Crippen LogP contribution in [0.5, 0.6) is 0 Å². The van der Waals surface area contributed by atoms with Crippen LogP contribution in [0.3, 0.4) is 0 Å². The summed E-state index contributed by atoms with van der Waals surface area (Å²) in [6.45, 7) is 3.96. The summed E-state index contributed by atoms with van der Waals surface area (Å²) >= 11 is 0. The summed E-state index contributed by atoms with van der Waals surface area (Å²) in [5, 5.41) is 0. The van der Waals surface area contributed by atoms with Crippen LogP contribution in [0, 0.1) is 0 Å². The number of hydrogen-bond donors (Lipinski definition) is 0. The van der Waals surface area contributed by atoms with E-state index in [1.54, 1.807) is 0 Å². The van der Waals surface area contributed by atoms with Gasteiger partial charge in [0.15, 0.2) is 5.78 Å². The second kappa shape index (κ2) is 8.11. The summed E-state index contributed by atoms with van der Waals surface area (Å²) in [6, 6.07) is 29.9. The lowest BCUT2D eigenvalue weighted by Crippen LogP contribution is -2.41. The van der Waals surface area contributed by atoms with Gasteiger partial charge in [0.1, 0.15) is 12.0 Å². The molecule has 0 amide bonds. The van der Waals surface area contributed by atoms with Crippen molar-refractivity contribution < 1.29 is 9.53 Å². The van der Waals surface area contributed by atoms with E-state index < -0.39 is 5.41 Å². The highest BCUT2D eigenvalue weighted by Crippen LogP contribution is 2.40. The van der Waals surface area contributed by atoms with Crippen molar-refractivity contribution in [1.82, 2.24) is 0 Å². The van der Waals surface area contributed by atoms with E-state index in [1.165, 1.54) is 0 Å². The van der Waals surface area contributed by atoms with Crippen molar-refractivity contribution in [2.45, 2.75) is 25.4 Å². The Morgan fingerprint density at radius 3 is 1.38 bits per heavy atom. The van der Waals surface area contributed by atoms with Crippen LogP contribution in [0.4, 0.5) is 0 Å². The number of carbonyl (C=O) groups excluding carboxylic acids is 1. The van der Waals surface area contributed by atoms with E-state index in [-0.39, 0.29) is 18.5 Å². The van der Waals surface area contributed by atoms with Crippen LogP contribution in [-0.4, -0.2) is 18.5 Å². The van der Waals surface area contributed by atoms with Gasteiger partial charge in [-0.2, -0.15) is 0 Å². The van der Waals surface area contributed by atoms with Gasteiger partial charge >= 0.3 is 0 Å². The molecule has 0 atom stereocenters. The number of rotatable bonds is 7. The lowest BCUT2D eigenvalue weighted by atomic mass is 9.66. The molecule has 3 rings (SSSR count). The minimum absolute atomic E-state index is 0.000954. The number of ether oxygens (including phenoxy) is 1. The van der Waals surface area contributed by atoms with Gasteiger partial charge in [-0.05, 0) is 30.5 Å². The first-order chi connectivity index (χ1) is 12.7. The summed E-state index contributed by atoms with van der Waals surface area (Å²) in [5.41, 5.74) is 1.97. The number of hydrogen-bond acceptors (Lipinski definition) is 2. The smallest absolute Gasteiger partial charge is 0.177 e. The average Bonchev–Trinajstić information content (AvgIpc) is 2.69. The molecule has 26 heavy (non-hydrogen) atoms. The molecule has 0 aliphatic rings. The molecule has 3 aromatic carbocycles. The van der Waals surface area contributed by atoms with Crippen molar-refractivity contribution in [3.05, 3.63) is 108 Å². The highest BCUT2D eigenvalue weighted by Gasteiger charge is 2.43. The zero-order chi connectivity index (χ0) is 18.4. The van der Waals surface area contributed by atoms with Gasteiger partial charge in [0, 0.05) is 0 Å². The molecule has 0 saturated carbocycles. The molecule has 132 valence electrons. The summed E-state index contributed by atoms with van der Waals surface area (Å²) in [7, 11) is 0. The van der Waals surface area contributed by atoms with Crippen LogP contribution < -0.4 is 0 Å². The Balaban J connectivity index is 2.26. The van der Waals surface area contributed by atoms with E-state index in [9.17, 15) is 4.79 Å². The SMILES string of the molecule is CC(C)OCC(=O)C(c1ccccc1)(c1ccccc1)c1ccccc1. The monoisotopic (exact) mass is 344 g/mol. The molecular weight excluding hydrogens is 320 g/mol. The molecule has 0 bridgehead atoms. The van der Waals surface area contributed by atoms with E-state index in [0.717, 1.165) is 16.7 Å². The van der Waals surface area contributed by atoms with E-state index in [1.807, 2.05) is 105 Å². The summed E-state index contributed by atoms with van der Waals surface area (Å²) in [5.74, 6) is 0.0369. The highest BCUT2D eigenvalue weighted by atomic mass is 16.5. The molecule has 3 aromatic rings. The van der Waals surface area contributed by atoms with Crippen LogP contribution in [0.1, 0.15) is 30.5 Å². The molecule has 2 heteroatoms. The van der Waals surface area contributed by atoms with Gasteiger partial charge < -0.3 is 4.74 Å². The van der Waals surface area contributed by atoms with E-state index >= 15 is 0 Å². The Morgan fingerprint density at radius 1 is 0.731 bits per heavy atom. The Hall–Kier alpha value is -2.71. The van der Waals surface area contributed by atoms with E-state index in [2.05, 4.69) is 0 Å². The third-order valence-electron chi connectivity index (χ3n) is 4.59. The lowest BCUT2D eigenvalue weighted by Gasteiger charge is -2.34. The standard InChI is InChI=1S/C24H24O2/c1-19(2)26-18-23(25)24(20-12-6-3-7-13-20,21-14-8-4-9-15-21)22-16-10-5-11-17-22/h3-17,19H,18H2,1-2H3. The van der Waals surface area contributed by atoms with Crippen molar-refractivity contribution in [2.24, 2.45) is 0 Å². The quantitative estimate of drug-likeness (QED) is 0.563. The maximum absolute atomic E-state index is 13.6. The van der Waals surface area contributed by atoms with Crippen molar-refractivity contribution in [3.63, 3.8) is 0 Å². The lowest BCUT2D eigenvalue weighted by molar-refractivity contribution is -0.128. The second-order valence-electron chi connectivity index (χ2n) is 6.63. The highest BCUT2D eigenvalue weighted by molar-refractivity contribution is 5.98. The van der Waals surface area contributed by atoms with Crippen LogP contribution in [0.15, 0.2) is 91.0 Å². The Kier molecular flexibility index (Phi) is 5.65. The molecule has 0 heterocycles. The number of carbonyl (C=O) groups is 1. The van der Waals surface area contributed by atoms with Gasteiger partial charge in [-0.3, -0.25) is 4.79 Å². The van der Waals surface area contributed by atoms with Gasteiger partial charge in [-0.1, -0.05) is 91.0 Å². The third kappa shape index (κ3) is 3.47. The van der Waals surface area contributed by atoms with Crippen LogP contribution in [0.25, 0.3) is 0 Å². The second-order valence-corrected chi connectivity index (χ2v) is 6.63. The van der Waals surface area contributed by atoms with Gasteiger partial charge in [0.25, 0.3) is 0 Å². The number of benzene rings is 3. The van der Waals surface area contributed by atoms with Crippen molar-refractivity contribution in [3.8, 4) is 0 Å². The molecule has 2 nitrogen and oxygen atoms in total. The van der Waals surface area contributed by atoms with Gasteiger partial charge in [-0.15, -0.1) is 0 Å². The molecule has 0 N–H and O–H groups in total. The Morgan fingerprint density at radius 2 is 1.08 bits per heavy atom. The first-order valence-corrected chi connectivity index (χ1v) is 8.97. The normalized spacial score (nSPS) is 11.5. The van der Waals surface area contributed by atoms with Gasteiger partial charge in [0.2, 0.25) is 0 Å². The first-order valence-electron chi connectivity index (χ1n) is 8.97. The zero-order valence-electron chi connectivity index (χ0n) is 15.3. The molecule has 0 aromatic heterocycles. The minimum atomic E-state index is -0.890. The van der Waals surface area contributed by atoms with Crippen molar-refractivity contribution >= 4 is 5.78 Å². The first kappa shape index (κ1) is 18.1. The van der Waals surface area contributed by atoms with Gasteiger partial charge in [0.05, 0.1) is 6.10 Å². The fourth-order valence-corrected chi connectivity index (χ4v) is 3.40. The largest absolute Gasteiger partial charge is 0.371 e. The summed E-state index contributed by atoms with van der Waals surface area (Å²) in [6.07, 6.45) is -0.000954. The third-order valence-corrected chi connectivity index (χ3v) is 4.59. The van der Waals surface area contributed by atoms with Crippen LogP contribution >= 0.6 is 0 Å². The van der Waals surface area contributed by atoms with Crippen molar-refractivity contribution in [2.75, 3.05) is 6.61 Å². The van der Waals surface area contributed by atoms with Crippen LogP contribution in [0.2, 0.25) is 0 Å². The molecule has 0 unspecified atom stereocenters. The summed E-state index contributed by atoms with van der Waals surface area (Å²) < 4.78 is 5.72. The maximum atomic E-state index is 13.6. The molecule has 0 aliphatic carbocycles. The average molecular weight is 344 g/mol. The van der Waals surface area contributed by atoms with E-state index in [0.29, 0.717) is 0 Å². The predicted octanol–water partition coefficient (Wildman–Crippen LogP) is 5.02. The zero-order valence-corrected chi connectivity index (χ0v) is 15.3. The Labute approximate surface area is 155 Å². The predicted molar refractivity (Wildman–Crippen MR) is 105 cm³/mol. The molecule has 0 aliphatic heterocycles. The summed E-state index contributed by atoms with van der Waals surface area (Å²) in [4.78, 5) is 13.6. The number of ketones is 1. The molecular formula is C24H24O2. The maximum Gasteiger partial charge on any atom is 0.177 e. The number of Topliss-reactive ketones (excluding diaryl/α,β-unsaturated/α-hetero) is 1.